The molecule has 0 aromatic heterocycles. The summed E-state index contributed by atoms with van der Waals surface area (Å²) in [5.41, 5.74) is 0. The minimum atomic E-state index is -0.171. The molecule has 1 N–H and O–H groups in total. The monoisotopic (exact) mass is 187 g/mol. The Hall–Kier alpha value is -0.610. The maximum absolute atomic E-state index is 11.1. The fourth-order valence-corrected chi connectivity index (χ4v) is 1.55. The zero-order valence-electron chi connectivity index (χ0n) is 8.21. The highest BCUT2D eigenvalue weighted by Crippen LogP contribution is 2.11. The molecule has 0 saturated carbocycles. The third-order valence-electron chi connectivity index (χ3n) is 2.26. The lowest BCUT2D eigenvalue weighted by atomic mass is 10.0. The van der Waals surface area contributed by atoms with Gasteiger partial charge in [0.1, 0.15) is 6.04 Å². The van der Waals surface area contributed by atoms with Gasteiger partial charge in [0.25, 0.3) is 0 Å². The second-order valence-corrected chi connectivity index (χ2v) is 3.14. The van der Waals surface area contributed by atoms with Crippen LogP contribution in [0.2, 0.25) is 0 Å². The van der Waals surface area contributed by atoms with Gasteiger partial charge in [-0.3, -0.25) is 4.79 Å². The van der Waals surface area contributed by atoms with Gasteiger partial charge in [-0.25, -0.2) is 0 Å². The number of esters is 1. The van der Waals surface area contributed by atoms with Crippen molar-refractivity contribution in [1.82, 2.24) is 5.32 Å². The van der Waals surface area contributed by atoms with E-state index in [0.717, 1.165) is 26.0 Å². The Kier molecular flexibility index (Phi) is 4.18. The minimum absolute atomic E-state index is 0.137. The number of methoxy groups -OCH3 is 1. The molecule has 1 aliphatic heterocycles. The summed E-state index contributed by atoms with van der Waals surface area (Å²) in [6.07, 6.45) is 1.99. The van der Waals surface area contributed by atoms with Crippen LogP contribution in [0.15, 0.2) is 0 Å². The van der Waals surface area contributed by atoms with Crippen molar-refractivity contribution in [2.24, 2.45) is 0 Å². The van der Waals surface area contributed by atoms with Crippen LogP contribution >= 0.6 is 0 Å². The van der Waals surface area contributed by atoms with Crippen LogP contribution in [0.1, 0.15) is 19.8 Å². The molecule has 1 saturated heterocycles. The van der Waals surface area contributed by atoms with Crippen LogP contribution in [0.25, 0.3) is 0 Å². The SMILES string of the molecule is CCOC1CCC(C(=O)OC)NC1. The molecule has 0 bridgehead atoms. The quantitative estimate of drug-likeness (QED) is 0.646. The van der Waals surface area contributed by atoms with E-state index in [1.54, 1.807) is 0 Å². The summed E-state index contributed by atoms with van der Waals surface area (Å²) in [6.45, 7) is 3.45. The third-order valence-corrected chi connectivity index (χ3v) is 2.26. The molecule has 13 heavy (non-hydrogen) atoms. The predicted molar refractivity (Wildman–Crippen MR) is 48.5 cm³/mol. The van der Waals surface area contributed by atoms with Gasteiger partial charge in [0.05, 0.1) is 13.2 Å². The number of carbonyl (C=O) groups is 1. The number of rotatable bonds is 3. The Morgan fingerprint density at radius 3 is 2.77 bits per heavy atom. The normalized spacial score (nSPS) is 28.5. The highest BCUT2D eigenvalue weighted by atomic mass is 16.5. The molecule has 1 fully saturated rings. The molecular weight excluding hydrogens is 170 g/mol. The van der Waals surface area contributed by atoms with E-state index in [9.17, 15) is 4.79 Å². The molecule has 2 atom stereocenters. The average Bonchev–Trinajstić information content (AvgIpc) is 2.18. The van der Waals surface area contributed by atoms with E-state index in [1.807, 2.05) is 6.92 Å². The average molecular weight is 187 g/mol. The summed E-state index contributed by atoms with van der Waals surface area (Å²) in [5.74, 6) is -0.171. The zero-order chi connectivity index (χ0) is 9.68. The number of hydrogen-bond donors (Lipinski definition) is 1. The molecule has 1 rings (SSSR count). The van der Waals surface area contributed by atoms with E-state index in [2.05, 4.69) is 10.1 Å². The van der Waals surface area contributed by atoms with Crippen LogP contribution in [0, 0.1) is 0 Å². The van der Waals surface area contributed by atoms with Gasteiger partial charge >= 0.3 is 5.97 Å². The van der Waals surface area contributed by atoms with E-state index < -0.39 is 0 Å². The first-order valence-corrected chi connectivity index (χ1v) is 4.70. The minimum Gasteiger partial charge on any atom is -0.468 e. The molecule has 1 heterocycles. The highest BCUT2D eigenvalue weighted by Gasteiger charge is 2.26. The zero-order valence-corrected chi connectivity index (χ0v) is 8.21. The van der Waals surface area contributed by atoms with Crippen LogP contribution in [-0.2, 0) is 14.3 Å². The lowest BCUT2D eigenvalue weighted by molar-refractivity contribution is -0.144. The van der Waals surface area contributed by atoms with Crippen LogP contribution in [-0.4, -0.2) is 38.4 Å². The van der Waals surface area contributed by atoms with E-state index >= 15 is 0 Å². The second-order valence-electron chi connectivity index (χ2n) is 3.14. The molecule has 0 radical (unpaired) electrons. The number of piperidine rings is 1. The number of ether oxygens (including phenoxy) is 2. The van der Waals surface area contributed by atoms with Crippen LogP contribution in [0.3, 0.4) is 0 Å². The topological polar surface area (TPSA) is 47.6 Å². The number of hydrogen-bond acceptors (Lipinski definition) is 4. The van der Waals surface area contributed by atoms with Crippen molar-refractivity contribution in [3.63, 3.8) is 0 Å². The lowest BCUT2D eigenvalue weighted by Gasteiger charge is -2.27. The van der Waals surface area contributed by atoms with Crippen LogP contribution in [0.5, 0.6) is 0 Å². The van der Waals surface area contributed by atoms with Crippen molar-refractivity contribution in [2.45, 2.75) is 31.9 Å². The Morgan fingerprint density at radius 2 is 2.31 bits per heavy atom. The maximum atomic E-state index is 11.1. The summed E-state index contributed by atoms with van der Waals surface area (Å²) in [5, 5.41) is 3.11. The van der Waals surface area contributed by atoms with E-state index in [0.29, 0.717) is 0 Å². The van der Waals surface area contributed by atoms with Gasteiger partial charge in [0, 0.05) is 13.2 Å². The van der Waals surface area contributed by atoms with Gasteiger partial charge in [0.15, 0.2) is 0 Å². The summed E-state index contributed by atoms with van der Waals surface area (Å²) in [6, 6.07) is -0.137. The first kappa shape index (κ1) is 10.5. The molecule has 0 spiro atoms. The van der Waals surface area contributed by atoms with Crippen molar-refractivity contribution in [3.8, 4) is 0 Å². The smallest absolute Gasteiger partial charge is 0.322 e. The molecule has 0 amide bonds. The maximum Gasteiger partial charge on any atom is 0.322 e. The molecule has 0 aromatic carbocycles. The van der Waals surface area contributed by atoms with Crippen molar-refractivity contribution < 1.29 is 14.3 Å². The standard InChI is InChI=1S/C9H17NO3/c1-3-13-7-4-5-8(10-6-7)9(11)12-2/h7-8,10H,3-6H2,1-2H3. The Balaban J connectivity index is 2.26. The van der Waals surface area contributed by atoms with Gasteiger partial charge in [-0.1, -0.05) is 0 Å². The van der Waals surface area contributed by atoms with Crippen molar-refractivity contribution in [2.75, 3.05) is 20.3 Å². The fraction of sp³-hybridized carbons (Fsp3) is 0.889. The largest absolute Gasteiger partial charge is 0.468 e. The van der Waals surface area contributed by atoms with Crippen molar-refractivity contribution in [1.29, 1.82) is 0 Å². The van der Waals surface area contributed by atoms with Crippen LogP contribution in [0.4, 0.5) is 0 Å². The summed E-state index contributed by atoms with van der Waals surface area (Å²) >= 11 is 0. The fourth-order valence-electron chi connectivity index (χ4n) is 1.55. The van der Waals surface area contributed by atoms with Crippen molar-refractivity contribution in [3.05, 3.63) is 0 Å². The highest BCUT2D eigenvalue weighted by molar-refractivity contribution is 5.75. The molecule has 4 heteroatoms. The Labute approximate surface area is 78.6 Å². The van der Waals surface area contributed by atoms with E-state index in [4.69, 9.17) is 4.74 Å². The van der Waals surface area contributed by atoms with Gasteiger partial charge in [-0.05, 0) is 19.8 Å². The first-order chi connectivity index (χ1) is 6.27. The number of carbonyl (C=O) groups excluding carboxylic acids is 1. The third kappa shape index (κ3) is 2.97. The molecule has 4 nitrogen and oxygen atoms in total. The summed E-state index contributed by atoms with van der Waals surface area (Å²) in [4.78, 5) is 11.1. The molecule has 2 unspecified atom stereocenters. The molecule has 76 valence electrons. The van der Waals surface area contributed by atoms with Gasteiger partial charge in [-0.15, -0.1) is 0 Å². The molecule has 1 aliphatic rings. The number of nitrogens with one attached hydrogen (secondary N) is 1. The molecule has 0 aromatic rings. The predicted octanol–water partition coefficient (Wildman–Crippen LogP) is 0.316. The first-order valence-electron chi connectivity index (χ1n) is 4.70. The van der Waals surface area contributed by atoms with E-state index in [-0.39, 0.29) is 18.1 Å². The van der Waals surface area contributed by atoms with Gasteiger partial charge < -0.3 is 14.8 Å². The van der Waals surface area contributed by atoms with Crippen LogP contribution < -0.4 is 5.32 Å². The lowest BCUT2D eigenvalue weighted by Crippen LogP contribution is -2.47. The van der Waals surface area contributed by atoms with Gasteiger partial charge in [0.2, 0.25) is 0 Å². The Morgan fingerprint density at radius 1 is 1.54 bits per heavy atom. The van der Waals surface area contributed by atoms with Gasteiger partial charge in [-0.2, -0.15) is 0 Å². The molecule has 0 aliphatic carbocycles. The van der Waals surface area contributed by atoms with Crippen molar-refractivity contribution >= 4 is 5.97 Å². The Bertz CT molecular complexity index is 164. The second kappa shape index (κ2) is 5.19. The molecular formula is C9H17NO3. The summed E-state index contributed by atoms with van der Waals surface area (Å²) in [7, 11) is 1.42. The van der Waals surface area contributed by atoms with E-state index in [1.165, 1.54) is 7.11 Å². The summed E-state index contributed by atoms with van der Waals surface area (Å²) < 4.78 is 10.1.